The van der Waals surface area contributed by atoms with E-state index in [1.165, 1.54) is 0 Å². The van der Waals surface area contributed by atoms with Crippen LogP contribution in [0.2, 0.25) is 0 Å². The van der Waals surface area contributed by atoms with Crippen molar-refractivity contribution in [2.45, 2.75) is 17.8 Å². The molecule has 4 nitrogen and oxygen atoms in total. The lowest BCUT2D eigenvalue weighted by atomic mass is 10.2. The normalized spacial score (nSPS) is 22.8. The monoisotopic (exact) mass is 331 g/mol. The maximum Gasteiger partial charge on any atom is 0.349 e. The van der Waals surface area contributed by atoms with E-state index in [9.17, 15) is 9.59 Å². The summed E-state index contributed by atoms with van der Waals surface area (Å²) in [4.78, 5) is 22.4. The van der Waals surface area contributed by atoms with E-state index in [0.717, 1.165) is 6.42 Å². The quantitative estimate of drug-likeness (QED) is 0.391. The van der Waals surface area contributed by atoms with Crippen LogP contribution >= 0.6 is 27.5 Å². The summed E-state index contributed by atoms with van der Waals surface area (Å²) < 4.78 is 5.38. The third-order valence-electron chi connectivity index (χ3n) is 2.71. The summed E-state index contributed by atoms with van der Waals surface area (Å²) in [5, 5.41) is 2.83. The summed E-state index contributed by atoms with van der Waals surface area (Å²) in [6.07, 6.45) is 1.23. The number of carbonyl (C=O) groups excluding carboxylic acids is 2. The molecule has 0 unspecified atom stereocenters. The van der Waals surface area contributed by atoms with Gasteiger partial charge in [-0.2, -0.15) is 0 Å². The third-order valence-corrected chi connectivity index (χ3v) is 3.87. The fraction of sp³-hybridized carbons (Fsp3) is 0.333. The summed E-state index contributed by atoms with van der Waals surface area (Å²) in [5.74, 6) is -1.45. The van der Waals surface area contributed by atoms with Crippen LogP contribution in [0.3, 0.4) is 0 Å². The van der Waals surface area contributed by atoms with Crippen molar-refractivity contribution in [3.8, 4) is 0 Å². The van der Waals surface area contributed by atoms with Gasteiger partial charge >= 0.3 is 11.9 Å². The first-order valence-electron chi connectivity index (χ1n) is 5.48. The number of hydrogen-bond donors (Lipinski definition) is 1. The molecule has 1 aliphatic rings. The predicted octanol–water partition coefficient (Wildman–Crippen LogP) is 2.45. The molecular weight excluding hydrogens is 321 g/mol. The van der Waals surface area contributed by atoms with E-state index < -0.39 is 16.9 Å². The molecule has 1 aromatic carbocycles. The van der Waals surface area contributed by atoms with Crippen LogP contribution < -0.4 is 5.32 Å². The van der Waals surface area contributed by atoms with Gasteiger partial charge in [0.2, 0.25) is 0 Å². The van der Waals surface area contributed by atoms with E-state index in [4.69, 9.17) is 16.3 Å². The number of benzene rings is 1. The Morgan fingerprint density at radius 2 is 2.11 bits per heavy atom. The highest BCUT2D eigenvalue weighted by atomic mass is 79.9. The first kappa shape index (κ1) is 13.5. The van der Waals surface area contributed by atoms with E-state index >= 15 is 0 Å². The first-order chi connectivity index (χ1) is 8.53. The SMILES string of the molecule is O=C(OC(=O)[C@]1(Cl)CCCN1)c1ccccc1Br. The molecular formula is C12H11BrClNO3. The van der Waals surface area contributed by atoms with Crippen LogP contribution in [0, 0.1) is 0 Å². The summed E-state index contributed by atoms with van der Waals surface area (Å²) in [6.45, 7) is 0.641. The molecule has 0 amide bonds. The summed E-state index contributed by atoms with van der Waals surface area (Å²) in [5.41, 5.74) is 0.295. The summed E-state index contributed by atoms with van der Waals surface area (Å²) >= 11 is 9.27. The minimum Gasteiger partial charge on any atom is -0.387 e. The lowest BCUT2D eigenvalue weighted by Crippen LogP contribution is -2.44. The van der Waals surface area contributed by atoms with Gasteiger partial charge in [-0.15, -0.1) is 0 Å². The molecule has 0 aliphatic carbocycles. The van der Waals surface area contributed by atoms with Crippen molar-refractivity contribution in [2.75, 3.05) is 6.54 Å². The molecule has 1 saturated heterocycles. The Labute approximate surface area is 118 Å². The average molecular weight is 333 g/mol. The Morgan fingerprint density at radius 1 is 1.39 bits per heavy atom. The van der Waals surface area contributed by atoms with Crippen molar-refractivity contribution >= 4 is 39.5 Å². The van der Waals surface area contributed by atoms with Gasteiger partial charge in [0.15, 0.2) is 5.00 Å². The fourth-order valence-electron chi connectivity index (χ4n) is 1.73. The molecule has 96 valence electrons. The number of alkyl halides is 1. The number of halogens is 2. The molecule has 1 atom stereocenters. The Kier molecular flexibility index (Phi) is 4.04. The average Bonchev–Trinajstić information content (AvgIpc) is 2.78. The first-order valence-corrected chi connectivity index (χ1v) is 6.65. The van der Waals surface area contributed by atoms with E-state index in [1.54, 1.807) is 24.3 Å². The van der Waals surface area contributed by atoms with Gasteiger partial charge in [-0.25, -0.2) is 9.59 Å². The van der Waals surface area contributed by atoms with E-state index in [2.05, 4.69) is 21.2 Å². The third kappa shape index (κ3) is 2.74. The van der Waals surface area contributed by atoms with E-state index in [1.807, 2.05) is 0 Å². The Hall–Kier alpha value is -0.910. The highest BCUT2D eigenvalue weighted by molar-refractivity contribution is 9.10. The molecule has 2 rings (SSSR count). The highest BCUT2D eigenvalue weighted by Gasteiger charge is 2.41. The second-order valence-electron chi connectivity index (χ2n) is 3.99. The van der Waals surface area contributed by atoms with Crippen LogP contribution in [-0.4, -0.2) is 23.5 Å². The van der Waals surface area contributed by atoms with Gasteiger partial charge in [0.1, 0.15) is 0 Å². The molecule has 1 aliphatic heterocycles. The van der Waals surface area contributed by atoms with Gasteiger partial charge in [-0.05, 0) is 47.4 Å². The molecule has 0 bridgehead atoms. The van der Waals surface area contributed by atoms with E-state index in [-0.39, 0.29) is 0 Å². The number of esters is 2. The molecule has 0 spiro atoms. The van der Waals surface area contributed by atoms with Crippen molar-refractivity contribution < 1.29 is 14.3 Å². The number of carbonyl (C=O) groups is 2. The topological polar surface area (TPSA) is 55.4 Å². The summed E-state index contributed by atoms with van der Waals surface area (Å²) in [6, 6.07) is 6.73. The van der Waals surface area contributed by atoms with Crippen LogP contribution in [0.25, 0.3) is 0 Å². The van der Waals surface area contributed by atoms with Gasteiger partial charge in [0.05, 0.1) is 5.56 Å². The van der Waals surface area contributed by atoms with Gasteiger partial charge < -0.3 is 4.74 Å². The lowest BCUT2D eigenvalue weighted by Gasteiger charge is -2.18. The largest absolute Gasteiger partial charge is 0.387 e. The molecule has 1 fully saturated rings. The van der Waals surface area contributed by atoms with Gasteiger partial charge in [-0.3, -0.25) is 5.32 Å². The van der Waals surface area contributed by atoms with Gasteiger partial charge in [0, 0.05) is 4.47 Å². The number of rotatable bonds is 2. The Balaban J connectivity index is 2.08. The maximum atomic E-state index is 11.8. The zero-order valence-electron chi connectivity index (χ0n) is 9.41. The fourth-order valence-corrected chi connectivity index (χ4v) is 2.44. The zero-order chi connectivity index (χ0) is 13.2. The standard InChI is InChI=1S/C12H11BrClNO3/c13-9-5-2-1-4-8(9)10(16)18-11(17)12(14)6-3-7-15-12/h1-2,4-5,15H,3,6-7H2/t12-/m0/s1. The molecule has 0 aromatic heterocycles. The molecule has 18 heavy (non-hydrogen) atoms. The molecule has 1 N–H and O–H groups in total. The molecule has 6 heteroatoms. The molecule has 1 aromatic rings. The van der Waals surface area contributed by atoms with Crippen molar-refractivity contribution in [2.24, 2.45) is 0 Å². The van der Waals surface area contributed by atoms with Crippen molar-refractivity contribution in [1.82, 2.24) is 5.32 Å². The second-order valence-corrected chi connectivity index (χ2v) is 5.49. The zero-order valence-corrected chi connectivity index (χ0v) is 11.8. The van der Waals surface area contributed by atoms with Crippen molar-refractivity contribution in [1.29, 1.82) is 0 Å². The number of hydrogen-bond acceptors (Lipinski definition) is 4. The van der Waals surface area contributed by atoms with Crippen LogP contribution in [0.4, 0.5) is 0 Å². The Morgan fingerprint density at radius 3 is 2.72 bits per heavy atom. The van der Waals surface area contributed by atoms with Gasteiger partial charge in [-0.1, -0.05) is 23.7 Å². The van der Waals surface area contributed by atoms with Gasteiger partial charge in [0.25, 0.3) is 0 Å². The second kappa shape index (κ2) is 5.38. The molecule has 0 radical (unpaired) electrons. The Bertz CT molecular complexity index is 486. The van der Waals surface area contributed by atoms with Crippen molar-refractivity contribution in [3.05, 3.63) is 34.3 Å². The van der Waals surface area contributed by atoms with Crippen LogP contribution in [0.1, 0.15) is 23.2 Å². The number of nitrogens with one attached hydrogen (secondary N) is 1. The lowest BCUT2D eigenvalue weighted by molar-refractivity contribution is -0.141. The number of ether oxygens (including phenoxy) is 1. The van der Waals surface area contributed by atoms with Crippen LogP contribution in [0.5, 0.6) is 0 Å². The van der Waals surface area contributed by atoms with E-state index in [0.29, 0.717) is 23.0 Å². The minimum atomic E-state index is -1.27. The smallest absolute Gasteiger partial charge is 0.349 e. The molecule has 0 saturated carbocycles. The van der Waals surface area contributed by atoms with Crippen LogP contribution in [0.15, 0.2) is 28.7 Å². The summed E-state index contributed by atoms with van der Waals surface area (Å²) in [7, 11) is 0. The minimum absolute atomic E-state index is 0.295. The molecule has 1 heterocycles. The highest BCUT2D eigenvalue weighted by Crippen LogP contribution is 2.26. The van der Waals surface area contributed by atoms with Crippen molar-refractivity contribution in [3.63, 3.8) is 0 Å². The maximum absolute atomic E-state index is 11.8. The predicted molar refractivity (Wildman–Crippen MR) is 70.4 cm³/mol. The van der Waals surface area contributed by atoms with Crippen LogP contribution in [-0.2, 0) is 9.53 Å².